The molecule has 2 heterocycles. The largest absolute Gasteiger partial charge is 0.459 e. The molecule has 9 atom stereocenters. The van der Waals surface area contributed by atoms with Gasteiger partial charge in [0.25, 0.3) is 0 Å². The van der Waals surface area contributed by atoms with Crippen molar-refractivity contribution in [3.63, 3.8) is 0 Å². The maximum Gasteiger partial charge on any atom is 0.338 e. The van der Waals surface area contributed by atoms with Crippen molar-refractivity contribution in [1.29, 1.82) is 0 Å². The third kappa shape index (κ3) is 14.8. The van der Waals surface area contributed by atoms with Gasteiger partial charge in [0.2, 0.25) is 12.1 Å². The summed E-state index contributed by atoms with van der Waals surface area (Å²) in [4.78, 5) is 115. The van der Waals surface area contributed by atoms with Crippen molar-refractivity contribution in [2.24, 2.45) is 0 Å². The highest BCUT2D eigenvalue weighted by atomic mass is 16.8. The smallest absolute Gasteiger partial charge is 0.338 e. The molecule has 8 aromatic rings. The van der Waals surface area contributed by atoms with Crippen LogP contribution in [-0.4, -0.2) is 122 Å². The van der Waals surface area contributed by atoms with Gasteiger partial charge in [0.1, 0.15) is 32.0 Å². The predicted octanol–water partition coefficient (Wildman–Crippen LogP) is 9.52. The monoisotopic (exact) mass is 1170 g/mol. The highest BCUT2D eigenvalue weighted by Gasteiger charge is 2.65. The summed E-state index contributed by atoms with van der Waals surface area (Å²) >= 11 is 0. The van der Waals surface area contributed by atoms with Gasteiger partial charge >= 0.3 is 47.8 Å². The van der Waals surface area contributed by atoms with Crippen molar-refractivity contribution in [2.45, 2.75) is 54.8 Å². The normalized spacial score (nSPS) is 21.1. The molecule has 0 saturated carbocycles. The van der Waals surface area contributed by atoms with E-state index in [9.17, 15) is 38.4 Å². The molecule has 440 valence electrons. The van der Waals surface area contributed by atoms with Gasteiger partial charge in [0.05, 0.1) is 44.5 Å². The Morgan fingerprint density at radius 3 is 0.931 bits per heavy atom. The number of carbonyl (C=O) groups excluding carboxylic acids is 8. The molecular weight excluding hydrogens is 1120 g/mol. The summed E-state index contributed by atoms with van der Waals surface area (Å²) < 4.78 is 70.1. The quantitative estimate of drug-likeness (QED) is 0.0480. The molecule has 0 N–H and O–H groups in total. The van der Waals surface area contributed by atoms with Crippen molar-refractivity contribution >= 4 is 47.8 Å². The SMILES string of the molecule is O=C(OC[C@H]1O[C@](COC(=O)c2ccccc2)(O[C@H]2O[C@H](COC(=O)c3ccccc3)[C@@H](OC(=O)c3ccccc3)[C@H](OC(=O)c3ccccc3)[C@H]2OC(=O)c2ccccc2)[C@@H](OC(=O)c2ccccc2)[C@@H]1OC(=O)c1ccccc1)c1ccccc1. The van der Waals surface area contributed by atoms with Crippen LogP contribution in [-0.2, 0) is 52.1 Å². The maximum atomic E-state index is 14.7. The second kappa shape index (κ2) is 28.3. The Bertz CT molecular complexity index is 3640. The molecule has 0 spiro atoms. The molecule has 0 unspecified atom stereocenters. The van der Waals surface area contributed by atoms with Gasteiger partial charge < -0.3 is 52.1 Å². The van der Waals surface area contributed by atoms with E-state index < -0.39 is 122 Å². The lowest BCUT2D eigenvalue weighted by Crippen LogP contribution is -2.66. The summed E-state index contributed by atoms with van der Waals surface area (Å²) in [6.45, 7) is -2.69. The standard InChI is InChI=1S/C68H54O19/c69-59(44-25-9-1-10-26-44)77-41-52-54(81-62(72)47-31-15-4-16-32-47)56(83-64(74)49-35-19-6-20-36-49)57(84-65(75)50-37-21-7-22-38-50)67(80-52)87-68(43-79-61(71)46-29-13-3-14-30-46)58(85-66(76)51-39-23-8-24-40-51)55(82-63(73)48-33-17-5-18-34-48)53(86-68)42-78-60(70)45-27-11-2-12-28-45/h1-40,52-58,67H,41-43H2/t52-,53-,54-,55-,56+,57-,58+,67-,68-/m1/s1. The lowest BCUT2D eigenvalue weighted by atomic mass is 9.97. The molecule has 8 aromatic carbocycles. The van der Waals surface area contributed by atoms with Gasteiger partial charge in [-0.2, -0.15) is 0 Å². The summed E-state index contributed by atoms with van der Waals surface area (Å²) in [5, 5.41) is 0. The Hall–Kier alpha value is -10.6. The molecule has 2 fully saturated rings. The first-order chi connectivity index (χ1) is 42.4. The fraction of sp³-hybridized carbons (Fsp3) is 0.176. The first-order valence-electron chi connectivity index (χ1n) is 27.4. The van der Waals surface area contributed by atoms with Crippen LogP contribution >= 0.6 is 0 Å². The van der Waals surface area contributed by atoms with E-state index in [4.69, 9.17) is 52.1 Å². The summed E-state index contributed by atoms with van der Waals surface area (Å²) in [5.74, 6) is -10.8. The summed E-state index contributed by atoms with van der Waals surface area (Å²) in [7, 11) is 0. The highest BCUT2D eigenvalue weighted by Crippen LogP contribution is 2.43. The summed E-state index contributed by atoms with van der Waals surface area (Å²) in [5.41, 5.74) is 0.125. The highest BCUT2D eigenvalue weighted by molar-refractivity contribution is 5.93. The van der Waals surface area contributed by atoms with E-state index in [-0.39, 0.29) is 44.5 Å². The Balaban J connectivity index is 1.16. The van der Waals surface area contributed by atoms with Crippen LogP contribution in [0.15, 0.2) is 243 Å². The van der Waals surface area contributed by atoms with Crippen LogP contribution < -0.4 is 0 Å². The van der Waals surface area contributed by atoms with Crippen LogP contribution in [0.2, 0.25) is 0 Å². The van der Waals surface area contributed by atoms with Gasteiger partial charge in [0, 0.05) is 0 Å². The van der Waals surface area contributed by atoms with Crippen molar-refractivity contribution in [1.82, 2.24) is 0 Å². The molecule has 10 rings (SSSR count). The fourth-order valence-electron chi connectivity index (χ4n) is 9.49. The number of rotatable bonds is 21. The van der Waals surface area contributed by atoms with Crippen molar-refractivity contribution in [3.05, 3.63) is 287 Å². The molecule has 19 nitrogen and oxygen atoms in total. The first kappa shape index (κ1) is 59.6. The maximum absolute atomic E-state index is 14.7. The summed E-state index contributed by atoms with van der Waals surface area (Å²) in [6.07, 6.45) is -15.7. The average Bonchev–Trinajstić information content (AvgIpc) is 2.31. The van der Waals surface area contributed by atoms with E-state index in [1.807, 2.05) is 0 Å². The second-order valence-corrected chi connectivity index (χ2v) is 19.6. The topological polar surface area (TPSA) is 238 Å². The minimum atomic E-state index is -2.85. The van der Waals surface area contributed by atoms with Gasteiger partial charge in [-0.05, 0) is 97.1 Å². The van der Waals surface area contributed by atoms with E-state index in [0.717, 1.165) is 0 Å². The molecule has 2 aliphatic rings. The molecule has 2 aliphatic heterocycles. The number of benzene rings is 8. The van der Waals surface area contributed by atoms with Crippen LogP contribution in [0.4, 0.5) is 0 Å². The minimum Gasteiger partial charge on any atom is -0.459 e. The minimum absolute atomic E-state index is 0.00940. The fourth-order valence-corrected chi connectivity index (χ4v) is 9.49. The van der Waals surface area contributed by atoms with Crippen LogP contribution in [0.1, 0.15) is 82.9 Å². The molecule has 0 aromatic heterocycles. The van der Waals surface area contributed by atoms with Crippen molar-refractivity contribution in [2.75, 3.05) is 19.8 Å². The van der Waals surface area contributed by atoms with Gasteiger partial charge in [-0.1, -0.05) is 146 Å². The van der Waals surface area contributed by atoms with Crippen LogP contribution in [0.3, 0.4) is 0 Å². The Morgan fingerprint density at radius 1 is 0.299 bits per heavy atom. The lowest BCUT2D eigenvalue weighted by molar-refractivity contribution is -0.380. The van der Waals surface area contributed by atoms with Crippen LogP contribution in [0, 0.1) is 0 Å². The molecule has 0 amide bonds. The Labute approximate surface area is 498 Å². The van der Waals surface area contributed by atoms with E-state index in [1.165, 1.54) is 97.1 Å². The van der Waals surface area contributed by atoms with Crippen LogP contribution in [0.25, 0.3) is 0 Å². The van der Waals surface area contributed by atoms with E-state index >= 15 is 0 Å². The molecule has 0 bridgehead atoms. The van der Waals surface area contributed by atoms with E-state index in [1.54, 1.807) is 146 Å². The van der Waals surface area contributed by atoms with Crippen molar-refractivity contribution in [3.8, 4) is 0 Å². The molecule has 2 saturated heterocycles. The molecule has 87 heavy (non-hydrogen) atoms. The number of ether oxygens (including phenoxy) is 11. The molecule has 0 radical (unpaired) electrons. The Kier molecular flexibility index (Phi) is 19.4. The molecule has 19 heteroatoms. The van der Waals surface area contributed by atoms with Crippen molar-refractivity contribution < 1.29 is 90.5 Å². The third-order valence-corrected chi connectivity index (χ3v) is 13.8. The zero-order valence-corrected chi connectivity index (χ0v) is 46.1. The number of carbonyl (C=O) groups is 8. The number of hydrogen-bond acceptors (Lipinski definition) is 19. The third-order valence-electron chi connectivity index (χ3n) is 13.8. The zero-order valence-electron chi connectivity index (χ0n) is 46.1. The number of esters is 8. The summed E-state index contributed by atoms with van der Waals surface area (Å²) in [6, 6.07) is 61.6. The predicted molar refractivity (Wildman–Crippen MR) is 306 cm³/mol. The van der Waals surface area contributed by atoms with Gasteiger partial charge in [-0.25, -0.2) is 38.4 Å². The van der Waals surface area contributed by atoms with Gasteiger partial charge in [-0.3, -0.25) is 0 Å². The first-order valence-corrected chi connectivity index (χ1v) is 27.4. The second-order valence-electron chi connectivity index (χ2n) is 19.6. The van der Waals surface area contributed by atoms with E-state index in [2.05, 4.69) is 0 Å². The Morgan fingerprint density at radius 2 is 0.575 bits per heavy atom. The van der Waals surface area contributed by atoms with E-state index in [0.29, 0.717) is 0 Å². The lowest BCUT2D eigenvalue weighted by Gasteiger charge is -2.46. The number of hydrogen-bond donors (Lipinski definition) is 0. The average molecular weight is 1180 g/mol. The molecular formula is C68H54O19. The van der Waals surface area contributed by atoms with Gasteiger partial charge in [-0.15, -0.1) is 0 Å². The molecule has 0 aliphatic carbocycles. The van der Waals surface area contributed by atoms with Crippen LogP contribution in [0.5, 0.6) is 0 Å². The van der Waals surface area contributed by atoms with Gasteiger partial charge in [0.15, 0.2) is 30.5 Å². The zero-order chi connectivity index (χ0) is 60.5.